The number of aromatic nitrogens is 4. The van der Waals surface area contributed by atoms with Crippen LogP contribution in [-0.2, 0) is 26.2 Å². The van der Waals surface area contributed by atoms with Crippen LogP contribution in [0.2, 0.25) is 0 Å². The third-order valence-corrected chi connectivity index (χ3v) is 10.5. The minimum absolute atomic E-state index is 0. The van der Waals surface area contributed by atoms with Crippen LogP contribution >= 0.6 is 0 Å². The SMILES string of the molecule is Cc1c(C=C2CC[n+]3ccccc32)c2ccccc2n1CCCCCCn1c(C)c(C=C2CC[n+]3ccccc32)c2ccccc21.[Br-].[Br-]. The lowest BCUT2D eigenvalue weighted by Crippen LogP contribution is -3.00. The average molecular weight is 765 g/mol. The molecule has 0 radical (unpaired) electrons. The fraction of sp³-hybridized carbons (Fsp3) is 0.286. The minimum atomic E-state index is 0. The molecule has 6 aromatic rings. The third kappa shape index (κ3) is 6.25. The van der Waals surface area contributed by atoms with Gasteiger partial charge >= 0.3 is 0 Å². The summed E-state index contributed by atoms with van der Waals surface area (Å²) in [6.45, 7) is 8.93. The van der Waals surface area contributed by atoms with Crippen molar-refractivity contribution < 1.29 is 43.1 Å². The Morgan fingerprint density at radius 1 is 0.542 bits per heavy atom. The summed E-state index contributed by atoms with van der Waals surface area (Å²) in [6.07, 6.45) is 16.4. The summed E-state index contributed by atoms with van der Waals surface area (Å²) in [5.74, 6) is 0. The number of unbranched alkanes of at least 4 members (excludes halogenated alkanes) is 3. The summed E-state index contributed by atoms with van der Waals surface area (Å²) >= 11 is 0. The number of fused-ring (bicyclic) bond motifs is 4. The van der Waals surface area contributed by atoms with Crippen molar-refractivity contribution in [3.63, 3.8) is 0 Å². The van der Waals surface area contributed by atoms with E-state index < -0.39 is 0 Å². The fourth-order valence-electron chi connectivity index (χ4n) is 8.05. The van der Waals surface area contributed by atoms with Crippen molar-refractivity contribution in [1.29, 1.82) is 0 Å². The molecule has 0 atom stereocenters. The second-order valence-electron chi connectivity index (χ2n) is 13.1. The molecule has 2 aromatic carbocycles. The monoisotopic (exact) mass is 762 g/mol. The number of para-hydroxylation sites is 2. The molecule has 0 unspecified atom stereocenters. The van der Waals surface area contributed by atoms with E-state index in [2.05, 4.69) is 142 Å². The van der Waals surface area contributed by atoms with E-state index in [4.69, 9.17) is 0 Å². The second kappa shape index (κ2) is 14.8. The Labute approximate surface area is 305 Å². The highest BCUT2D eigenvalue weighted by Crippen LogP contribution is 2.34. The molecule has 2 aliphatic heterocycles. The molecular weight excluding hydrogens is 720 g/mol. The van der Waals surface area contributed by atoms with Gasteiger partial charge in [0.05, 0.1) is 0 Å². The van der Waals surface area contributed by atoms with Crippen molar-refractivity contribution in [3.8, 4) is 0 Å². The highest BCUT2D eigenvalue weighted by Gasteiger charge is 2.25. The van der Waals surface area contributed by atoms with Crippen molar-refractivity contribution in [2.24, 2.45) is 0 Å². The number of hydrogen-bond donors (Lipinski definition) is 0. The first kappa shape index (κ1) is 34.1. The van der Waals surface area contributed by atoms with E-state index in [9.17, 15) is 0 Å². The van der Waals surface area contributed by atoms with E-state index in [1.807, 2.05) is 0 Å². The third-order valence-electron chi connectivity index (χ3n) is 10.5. The van der Waals surface area contributed by atoms with E-state index in [0.717, 1.165) is 39.0 Å². The number of rotatable bonds is 9. The zero-order valence-corrected chi connectivity index (χ0v) is 31.2. The van der Waals surface area contributed by atoms with Gasteiger partial charge in [-0.3, -0.25) is 0 Å². The summed E-state index contributed by atoms with van der Waals surface area (Å²) in [5, 5.41) is 2.75. The van der Waals surface area contributed by atoms with Crippen LogP contribution in [0.3, 0.4) is 0 Å². The maximum atomic E-state index is 2.57. The molecule has 6 heteroatoms. The van der Waals surface area contributed by atoms with Crippen LogP contribution in [0.15, 0.2) is 97.3 Å². The lowest BCUT2D eigenvalue weighted by atomic mass is 10.0. The second-order valence-corrected chi connectivity index (χ2v) is 13.1. The predicted octanol–water partition coefficient (Wildman–Crippen LogP) is 2.95. The fourth-order valence-corrected chi connectivity index (χ4v) is 8.05. The standard InChI is InChI=1S/C42H44N4.2BrH/c1-31-37(29-33-21-27-43-23-13-9-17-39(33)43)35-15-5-7-19-41(35)45(31)25-11-3-4-12-26-46-32(2)38(36-16-6-8-20-42(36)46)30-34-22-28-44-24-14-10-18-40(34)44;;/h5-10,13-20,23-24,29-30H,3-4,11-12,21-22,25-28H2,1-2H3;2*1H/q+2;;/p-2. The zero-order valence-electron chi connectivity index (χ0n) is 28.0. The van der Waals surface area contributed by atoms with Crippen molar-refractivity contribution in [2.75, 3.05) is 0 Å². The number of pyridine rings is 2. The number of benzene rings is 2. The lowest BCUT2D eigenvalue weighted by molar-refractivity contribution is -0.689. The predicted molar refractivity (Wildman–Crippen MR) is 190 cm³/mol. The van der Waals surface area contributed by atoms with Crippen molar-refractivity contribution >= 4 is 45.1 Å². The van der Waals surface area contributed by atoms with Gasteiger partial charge in [0, 0.05) is 106 Å². The first-order valence-corrected chi connectivity index (χ1v) is 17.2. The summed E-state index contributed by atoms with van der Waals surface area (Å²) in [4.78, 5) is 0. The number of halogens is 2. The molecule has 4 nitrogen and oxygen atoms in total. The summed E-state index contributed by atoms with van der Waals surface area (Å²) < 4.78 is 9.89. The Morgan fingerprint density at radius 3 is 1.42 bits per heavy atom. The first-order valence-electron chi connectivity index (χ1n) is 17.2. The van der Waals surface area contributed by atoms with E-state index in [1.54, 1.807) is 0 Å². The van der Waals surface area contributed by atoms with E-state index >= 15 is 0 Å². The molecule has 0 amide bonds. The molecule has 0 saturated carbocycles. The average Bonchev–Trinajstić information content (AvgIpc) is 3.83. The first-order chi connectivity index (χ1) is 22.7. The normalized spacial score (nSPS) is 15.2. The Balaban J connectivity index is 0.00000201. The molecule has 0 saturated heterocycles. The lowest BCUT2D eigenvalue weighted by Gasteiger charge is -2.10. The van der Waals surface area contributed by atoms with Gasteiger partial charge in [0.2, 0.25) is 11.4 Å². The largest absolute Gasteiger partial charge is 1.00 e. The number of allylic oxidation sites excluding steroid dienone is 2. The Morgan fingerprint density at radius 2 is 0.958 bits per heavy atom. The van der Waals surface area contributed by atoms with Crippen LogP contribution < -0.4 is 43.1 Å². The van der Waals surface area contributed by atoms with Gasteiger partial charge in [-0.15, -0.1) is 0 Å². The van der Waals surface area contributed by atoms with E-state index in [-0.39, 0.29) is 34.0 Å². The van der Waals surface area contributed by atoms with Crippen LogP contribution in [0, 0.1) is 13.8 Å². The van der Waals surface area contributed by atoms with E-state index in [1.165, 1.54) is 92.5 Å². The van der Waals surface area contributed by atoms with Gasteiger partial charge in [-0.1, -0.05) is 49.2 Å². The smallest absolute Gasteiger partial charge is 0.208 e. The number of nitrogens with zero attached hydrogens (tertiary/aromatic N) is 4. The van der Waals surface area contributed by atoms with Crippen molar-refractivity contribution in [2.45, 2.75) is 78.6 Å². The van der Waals surface area contributed by atoms with Gasteiger partial charge in [0.1, 0.15) is 0 Å². The van der Waals surface area contributed by atoms with Crippen LogP contribution in [0.5, 0.6) is 0 Å². The van der Waals surface area contributed by atoms with Gasteiger partial charge < -0.3 is 43.1 Å². The maximum Gasteiger partial charge on any atom is 0.208 e. The maximum absolute atomic E-state index is 2.57. The molecule has 0 N–H and O–H groups in total. The van der Waals surface area contributed by atoms with Gasteiger partial charge in [-0.2, -0.15) is 9.13 Å². The molecule has 48 heavy (non-hydrogen) atoms. The Bertz CT molecular complexity index is 1990. The molecule has 246 valence electrons. The molecule has 0 aliphatic carbocycles. The van der Waals surface area contributed by atoms with E-state index in [0.29, 0.717) is 0 Å². The number of aryl methyl sites for hydroxylation is 4. The topological polar surface area (TPSA) is 17.6 Å². The molecule has 4 aromatic heterocycles. The molecule has 0 fully saturated rings. The summed E-state index contributed by atoms with van der Waals surface area (Å²) in [7, 11) is 0. The van der Waals surface area contributed by atoms with Crippen LogP contribution in [-0.4, -0.2) is 9.13 Å². The van der Waals surface area contributed by atoms with Gasteiger partial charge in [0.15, 0.2) is 25.5 Å². The highest BCUT2D eigenvalue weighted by molar-refractivity contribution is 5.97. The summed E-state index contributed by atoms with van der Waals surface area (Å²) in [5.41, 5.74) is 13.9. The minimum Gasteiger partial charge on any atom is -1.00 e. The molecule has 6 heterocycles. The molecule has 8 rings (SSSR count). The highest BCUT2D eigenvalue weighted by atomic mass is 79.9. The molecule has 0 spiro atoms. The van der Waals surface area contributed by atoms with Crippen LogP contribution in [0.4, 0.5) is 0 Å². The number of hydrogen-bond acceptors (Lipinski definition) is 0. The van der Waals surface area contributed by atoms with Gasteiger partial charge in [0.25, 0.3) is 0 Å². The molecule has 2 aliphatic rings. The molecular formula is C42H44Br2N4. The van der Waals surface area contributed by atoms with Crippen LogP contribution in [0.1, 0.15) is 72.4 Å². The van der Waals surface area contributed by atoms with Crippen molar-refractivity contribution in [3.05, 3.63) is 131 Å². The van der Waals surface area contributed by atoms with Gasteiger partial charge in [-0.05, 0) is 63.1 Å². The Hall–Kier alpha value is -3.74. The molecule has 0 bridgehead atoms. The van der Waals surface area contributed by atoms with Crippen molar-refractivity contribution in [1.82, 2.24) is 9.13 Å². The summed E-state index contributed by atoms with van der Waals surface area (Å²) in [6, 6.07) is 31.1. The quantitative estimate of drug-likeness (QED) is 0.160. The Kier molecular flexibility index (Phi) is 10.5. The van der Waals surface area contributed by atoms with Gasteiger partial charge in [-0.25, -0.2) is 0 Å². The zero-order chi connectivity index (χ0) is 31.0. The van der Waals surface area contributed by atoms with Crippen LogP contribution in [0.25, 0.3) is 45.1 Å².